The van der Waals surface area contributed by atoms with Gasteiger partial charge in [0.15, 0.2) is 0 Å². The standard InChI is InChI=1S/C18H27NO/c1-12-9-13(2)11-14(10-12)20-18-8-4-5-15-16(18)6-3-7-17(15)19/h4-5,8,12-14,17H,3,6-7,9-11,19H2,1-2H3. The highest BCUT2D eigenvalue weighted by Gasteiger charge is 2.27. The van der Waals surface area contributed by atoms with Crippen LogP contribution in [0.5, 0.6) is 5.75 Å². The normalized spacial score (nSPS) is 33.5. The molecule has 2 heteroatoms. The van der Waals surface area contributed by atoms with Crippen molar-refractivity contribution in [3.63, 3.8) is 0 Å². The molecule has 1 saturated carbocycles. The molecule has 0 heterocycles. The molecule has 20 heavy (non-hydrogen) atoms. The van der Waals surface area contributed by atoms with Crippen molar-refractivity contribution >= 4 is 0 Å². The molecule has 0 aliphatic heterocycles. The van der Waals surface area contributed by atoms with Gasteiger partial charge in [0.05, 0.1) is 6.10 Å². The Morgan fingerprint density at radius 1 is 1.10 bits per heavy atom. The van der Waals surface area contributed by atoms with Crippen LogP contribution in [-0.4, -0.2) is 6.10 Å². The Morgan fingerprint density at radius 2 is 1.85 bits per heavy atom. The zero-order valence-corrected chi connectivity index (χ0v) is 12.8. The third-order valence-electron chi connectivity index (χ3n) is 4.94. The Morgan fingerprint density at radius 3 is 2.60 bits per heavy atom. The molecule has 1 fully saturated rings. The van der Waals surface area contributed by atoms with E-state index in [0.29, 0.717) is 6.10 Å². The van der Waals surface area contributed by atoms with Gasteiger partial charge in [-0.1, -0.05) is 26.0 Å². The first kappa shape index (κ1) is 13.9. The zero-order valence-electron chi connectivity index (χ0n) is 12.8. The van der Waals surface area contributed by atoms with Crippen molar-refractivity contribution < 1.29 is 4.74 Å². The maximum Gasteiger partial charge on any atom is 0.123 e. The highest BCUT2D eigenvalue weighted by atomic mass is 16.5. The van der Waals surface area contributed by atoms with Gasteiger partial charge >= 0.3 is 0 Å². The van der Waals surface area contributed by atoms with E-state index in [1.165, 1.54) is 36.8 Å². The summed E-state index contributed by atoms with van der Waals surface area (Å²) < 4.78 is 6.39. The lowest BCUT2D eigenvalue weighted by Crippen LogP contribution is -2.29. The molecule has 0 saturated heterocycles. The third kappa shape index (κ3) is 2.85. The topological polar surface area (TPSA) is 35.2 Å². The lowest BCUT2D eigenvalue weighted by Gasteiger charge is -2.33. The minimum Gasteiger partial charge on any atom is -0.490 e. The smallest absolute Gasteiger partial charge is 0.123 e. The summed E-state index contributed by atoms with van der Waals surface area (Å²) in [6.07, 6.45) is 7.53. The molecule has 0 radical (unpaired) electrons. The number of hydrogen-bond donors (Lipinski definition) is 1. The number of nitrogens with two attached hydrogens (primary N) is 1. The SMILES string of the molecule is CC1CC(C)CC(Oc2cccc3c2CCCC3N)C1. The van der Waals surface area contributed by atoms with Crippen molar-refractivity contribution in [3.8, 4) is 5.75 Å². The van der Waals surface area contributed by atoms with Crippen molar-refractivity contribution in [2.45, 2.75) is 64.5 Å². The van der Waals surface area contributed by atoms with E-state index in [4.69, 9.17) is 10.5 Å². The summed E-state index contributed by atoms with van der Waals surface area (Å²) in [4.78, 5) is 0. The van der Waals surface area contributed by atoms with Crippen LogP contribution < -0.4 is 10.5 Å². The lowest BCUT2D eigenvalue weighted by molar-refractivity contribution is 0.0997. The van der Waals surface area contributed by atoms with Crippen molar-refractivity contribution in [1.82, 2.24) is 0 Å². The molecule has 3 atom stereocenters. The van der Waals surface area contributed by atoms with E-state index >= 15 is 0 Å². The molecule has 2 aliphatic rings. The summed E-state index contributed by atoms with van der Waals surface area (Å²) in [7, 11) is 0. The highest BCUT2D eigenvalue weighted by Crippen LogP contribution is 2.37. The molecule has 0 amide bonds. The second-order valence-electron chi connectivity index (χ2n) is 6.98. The van der Waals surface area contributed by atoms with E-state index in [1.54, 1.807) is 0 Å². The minimum absolute atomic E-state index is 0.200. The Balaban J connectivity index is 1.79. The second kappa shape index (κ2) is 5.77. The van der Waals surface area contributed by atoms with Gasteiger partial charge in [0.25, 0.3) is 0 Å². The number of benzene rings is 1. The summed E-state index contributed by atoms with van der Waals surface area (Å²) in [5.74, 6) is 2.67. The van der Waals surface area contributed by atoms with E-state index < -0.39 is 0 Å². The van der Waals surface area contributed by atoms with E-state index in [0.717, 1.165) is 30.4 Å². The molecule has 1 aromatic rings. The lowest BCUT2D eigenvalue weighted by atomic mass is 9.81. The van der Waals surface area contributed by atoms with Gasteiger partial charge in [-0.3, -0.25) is 0 Å². The number of ether oxygens (including phenoxy) is 1. The van der Waals surface area contributed by atoms with Gasteiger partial charge in [0, 0.05) is 6.04 Å². The van der Waals surface area contributed by atoms with E-state index in [2.05, 4.69) is 32.0 Å². The number of hydrogen-bond acceptors (Lipinski definition) is 2. The van der Waals surface area contributed by atoms with Gasteiger partial charge in [-0.2, -0.15) is 0 Å². The Labute approximate surface area is 122 Å². The van der Waals surface area contributed by atoms with Crippen LogP contribution in [-0.2, 0) is 6.42 Å². The first-order valence-corrected chi connectivity index (χ1v) is 8.17. The van der Waals surface area contributed by atoms with Crippen LogP contribution in [0, 0.1) is 11.8 Å². The van der Waals surface area contributed by atoms with Gasteiger partial charge in [-0.15, -0.1) is 0 Å². The molecule has 3 unspecified atom stereocenters. The first-order chi connectivity index (χ1) is 9.63. The first-order valence-electron chi connectivity index (χ1n) is 8.17. The minimum atomic E-state index is 0.200. The summed E-state index contributed by atoms with van der Waals surface area (Å²) in [6.45, 7) is 4.70. The molecule has 0 spiro atoms. The van der Waals surface area contributed by atoms with Crippen LogP contribution in [0.15, 0.2) is 18.2 Å². The average Bonchev–Trinajstić information content (AvgIpc) is 2.39. The maximum absolute atomic E-state index is 6.39. The third-order valence-corrected chi connectivity index (χ3v) is 4.94. The van der Waals surface area contributed by atoms with E-state index in [-0.39, 0.29) is 6.04 Å². The number of rotatable bonds is 2. The van der Waals surface area contributed by atoms with Gasteiger partial charge in [0.2, 0.25) is 0 Å². The van der Waals surface area contributed by atoms with Crippen LogP contribution >= 0.6 is 0 Å². The monoisotopic (exact) mass is 273 g/mol. The van der Waals surface area contributed by atoms with Crippen LogP contribution in [0.3, 0.4) is 0 Å². The van der Waals surface area contributed by atoms with Gasteiger partial charge in [-0.05, 0) is 67.6 Å². The van der Waals surface area contributed by atoms with Crippen molar-refractivity contribution in [2.75, 3.05) is 0 Å². The molecular weight excluding hydrogens is 246 g/mol. The molecule has 1 aromatic carbocycles. The number of fused-ring (bicyclic) bond motifs is 1. The summed E-state index contributed by atoms with van der Waals surface area (Å²) >= 11 is 0. The highest BCUT2D eigenvalue weighted by molar-refractivity contribution is 5.43. The Kier molecular flexibility index (Phi) is 4.02. The predicted molar refractivity (Wildman–Crippen MR) is 82.9 cm³/mol. The fourth-order valence-corrected chi connectivity index (χ4v) is 4.11. The van der Waals surface area contributed by atoms with Crippen molar-refractivity contribution in [1.29, 1.82) is 0 Å². The second-order valence-corrected chi connectivity index (χ2v) is 6.98. The quantitative estimate of drug-likeness (QED) is 0.875. The average molecular weight is 273 g/mol. The van der Waals surface area contributed by atoms with Crippen molar-refractivity contribution in [2.24, 2.45) is 17.6 Å². The largest absolute Gasteiger partial charge is 0.490 e. The van der Waals surface area contributed by atoms with Gasteiger partial charge in [0.1, 0.15) is 5.75 Å². The molecule has 3 rings (SSSR count). The molecule has 2 nitrogen and oxygen atoms in total. The van der Waals surface area contributed by atoms with Crippen LogP contribution in [0.1, 0.15) is 63.1 Å². The molecule has 0 aromatic heterocycles. The Bertz CT molecular complexity index is 460. The fourth-order valence-electron chi connectivity index (χ4n) is 4.11. The molecule has 110 valence electrons. The molecule has 2 N–H and O–H groups in total. The van der Waals surface area contributed by atoms with Gasteiger partial charge < -0.3 is 10.5 Å². The fraction of sp³-hybridized carbons (Fsp3) is 0.667. The molecule has 0 bridgehead atoms. The van der Waals surface area contributed by atoms with Crippen LogP contribution in [0.25, 0.3) is 0 Å². The maximum atomic E-state index is 6.39. The predicted octanol–water partition coefficient (Wildman–Crippen LogP) is 4.23. The Hall–Kier alpha value is -1.02. The molecule has 2 aliphatic carbocycles. The van der Waals surface area contributed by atoms with Crippen LogP contribution in [0.2, 0.25) is 0 Å². The zero-order chi connectivity index (χ0) is 14.1. The summed E-state index contributed by atoms with van der Waals surface area (Å²) in [6, 6.07) is 6.63. The van der Waals surface area contributed by atoms with Crippen LogP contribution in [0.4, 0.5) is 0 Å². The summed E-state index contributed by atoms with van der Waals surface area (Å²) in [5, 5.41) is 0. The van der Waals surface area contributed by atoms with E-state index in [1.807, 2.05) is 0 Å². The molecular formula is C18H27NO. The summed E-state index contributed by atoms with van der Waals surface area (Å²) in [5.41, 5.74) is 8.92. The van der Waals surface area contributed by atoms with Crippen molar-refractivity contribution in [3.05, 3.63) is 29.3 Å². The van der Waals surface area contributed by atoms with Gasteiger partial charge in [-0.25, -0.2) is 0 Å². The van der Waals surface area contributed by atoms with E-state index in [9.17, 15) is 0 Å².